The third-order valence-electron chi connectivity index (χ3n) is 4.61. The fourth-order valence-electron chi connectivity index (χ4n) is 3.29. The van der Waals surface area contributed by atoms with Gasteiger partial charge in [0.25, 0.3) is 0 Å². The van der Waals surface area contributed by atoms with Crippen LogP contribution in [0.15, 0.2) is 30.3 Å². The van der Waals surface area contributed by atoms with Gasteiger partial charge in [0.2, 0.25) is 5.91 Å². The van der Waals surface area contributed by atoms with E-state index in [9.17, 15) is 4.79 Å². The number of hydrogen-bond acceptors (Lipinski definition) is 3. The Labute approximate surface area is 142 Å². The molecule has 1 amide bonds. The number of benzene rings is 1. The summed E-state index contributed by atoms with van der Waals surface area (Å²) in [5, 5.41) is 1.28. The highest BCUT2D eigenvalue weighted by Crippen LogP contribution is 2.34. The Bertz CT molecular complexity index is 473. The summed E-state index contributed by atoms with van der Waals surface area (Å²) < 4.78 is 0. The summed E-state index contributed by atoms with van der Waals surface area (Å²) in [6.07, 6.45) is 6.40. The molecule has 1 aliphatic carbocycles. The Balaban J connectivity index is 1.48. The zero-order valence-electron chi connectivity index (χ0n) is 13.1. The average molecular weight is 336 g/mol. The summed E-state index contributed by atoms with van der Waals surface area (Å²) in [5.74, 6) is 2.09. The number of thioether (sulfide) groups is 2. The first kappa shape index (κ1) is 16.3. The fraction of sp³-hybridized carbons (Fsp3) is 0.611. The van der Waals surface area contributed by atoms with Crippen molar-refractivity contribution in [1.29, 1.82) is 0 Å². The van der Waals surface area contributed by atoms with Gasteiger partial charge in [-0.25, -0.2) is 0 Å². The molecule has 4 heteroatoms. The van der Waals surface area contributed by atoms with Crippen LogP contribution in [-0.2, 0) is 4.79 Å². The van der Waals surface area contributed by atoms with Crippen LogP contribution < -0.4 is 0 Å². The van der Waals surface area contributed by atoms with Gasteiger partial charge in [0.1, 0.15) is 0 Å². The second kappa shape index (κ2) is 8.30. The monoisotopic (exact) mass is 335 g/mol. The number of carbonyl (C=O) groups is 1. The minimum absolute atomic E-state index is 0.353. The molecular weight excluding hydrogens is 310 g/mol. The van der Waals surface area contributed by atoms with Crippen molar-refractivity contribution >= 4 is 29.4 Å². The molecule has 1 heterocycles. The van der Waals surface area contributed by atoms with Crippen molar-refractivity contribution in [3.8, 4) is 0 Å². The van der Waals surface area contributed by atoms with E-state index in [-0.39, 0.29) is 0 Å². The quantitative estimate of drug-likeness (QED) is 0.815. The first-order chi connectivity index (χ1) is 10.8. The molecule has 1 saturated carbocycles. The maximum Gasteiger partial charge on any atom is 0.232 e. The Morgan fingerprint density at radius 2 is 1.91 bits per heavy atom. The maximum absolute atomic E-state index is 12.4. The van der Waals surface area contributed by atoms with Crippen LogP contribution in [0.2, 0.25) is 0 Å². The van der Waals surface area contributed by atoms with Crippen LogP contribution in [0.1, 0.15) is 42.9 Å². The molecule has 2 aliphatic rings. The van der Waals surface area contributed by atoms with Crippen LogP contribution in [0.25, 0.3) is 0 Å². The first-order valence-corrected chi connectivity index (χ1v) is 10.5. The largest absolute Gasteiger partial charge is 0.341 e. The van der Waals surface area contributed by atoms with Crippen LogP contribution in [0.5, 0.6) is 0 Å². The van der Waals surface area contributed by atoms with Gasteiger partial charge in [0, 0.05) is 29.3 Å². The molecule has 1 aromatic rings. The minimum atomic E-state index is 0.353. The number of nitrogens with zero attached hydrogens (tertiary/aromatic N) is 1. The van der Waals surface area contributed by atoms with Gasteiger partial charge in [0.05, 0.1) is 5.75 Å². The Morgan fingerprint density at radius 3 is 2.68 bits per heavy atom. The molecule has 1 saturated heterocycles. The third kappa shape index (κ3) is 4.45. The molecule has 120 valence electrons. The molecule has 22 heavy (non-hydrogen) atoms. The van der Waals surface area contributed by atoms with Crippen molar-refractivity contribution in [1.82, 2.24) is 4.90 Å². The topological polar surface area (TPSA) is 20.3 Å². The lowest BCUT2D eigenvalue weighted by atomic mass is 10.1. The van der Waals surface area contributed by atoms with Crippen LogP contribution in [0, 0.1) is 0 Å². The summed E-state index contributed by atoms with van der Waals surface area (Å²) in [4.78, 5) is 14.5. The van der Waals surface area contributed by atoms with Gasteiger partial charge >= 0.3 is 0 Å². The van der Waals surface area contributed by atoms with Crippen LogP contribution in [0.3, 0.4) is 0 Å². The van der Waals surface area contributed by atoms with Crippen LogP contribution >= 0.6 is 23.5 Å². The Hall–Kier alpha value is -0.610. The summed E-state index contributed by atoms with van der Waals surface area (Å²) in [6.45, 7) is 1.83. The van der Waals surface area contributed by atoms with E-state index < -0.39 is 0 Å². The van der Waals surface area contributed by atoms with Crippen molar-refractivity contribution in [3.05, 3.63) is 35.9 Å². The summed E-state index contributed by atoms with van der Waals surface area (Å²) in [6, 6.07) is 10.7. The van der Waals surface area contributed by atoms with Crippen LogP contribution in [0.4, 0.5) is 0 Å². The van der Waals surface area contributed by atoms with E-state index in [0.717, 1.165) is 30.5 Å². The smallest absolute Gasteiger partial charge is 0.232 e. The highest BCUT2D eigenvalue weighted by Gasteiger charge is 2.23. The fourth-order valence-corrected chi connectivity index (χ4v) is 5.75. The van der Waals surface area contributed by atoms with E-state index in [0.29, 0.717) is 16.9 Å². The van der Waals surface area contributed by atoms with Crippen molar-refractivity contribution in [2.45, 2.75) is 42.6 Å². The molecule has 0 unspecified atom stereocenters. The Morgan fingerprint density at radius 1 is 1.14 bits per heavy atom. The van der Waals surface area contributed by atoms with E-state index in [1.54, 1.807) is 0 Å². The average Bonchev–Trinajstić information content (AvgIpc) is 2.96. The highest BCUT2D eigenvalue weighted by atomic mass is 32.2. The second-order valence-electron chi connectivity index (χ2n) is 6.16. The van der Waals surface area contributed by atoms with Gasteiger partial charge in [-0.2, -0.15) is 11.8 Å². The van der Waals surface area contributed by atoms with E-state index >= 15 is 0 Å². The number of carbonyl (C=O) groups excluding carboxylic acids is 1. The van der Waals surface area contributed by atoms with Crippen molar-refractivity contribution in [2.24, 2.45) is 0 Å². The predicted octanol–water partition coefficient (Wildman–Crippen LogP) is 4.37. The Kier molecular flexibility index (Phi) is 6.13. The molecular formula is C18H25NOS2. The number of hydrogen-bond donors (Lipinski definition) is 0. The van der Waals surface area contributed by atoms with Gasteiger partial charge in [0.15, 0.2) is 0 Å². The van der Waals surface area contributed by atoms with E-state index in [1.807, 2.05) is 23.5 Å². The van der Waals surface area contributed by atoms with Crippen molar-refractivity contribution < 1.29 is 4.79 Å². The lowest BCUT2D eigenvalue weighted by molar-refractivity contribution is -0.128. The molecule has 0 spiro atoms. The normalized spacial score (nSPS) is 23.5. The zero-order chi connectivity index (χ0) is 15.2. The van der Waals surface area contributed by atoms with Gasteiger partial charge in [-0.15, -0.1) is 11.8 Å². The molecule has 0 N–H and O–H groups in total. The molecule has 1 atom stereocenters. The van der Waals surface area contributed by atoms with Gasteiger partial charge in [-0.05, 0) is 24.8 Å². The van der Waals surface area contributed by atoms with E-state index in [1.165, 1.54) is 31.2 Å². The molecule has 2 fully saturated rings. The number of rotatable bonds is 4. The maximum atomic E-state index is 12.4. The predicted molar refractivity (Wildman–Crippen MR) is 97.6 cm³/mol. The molecule has 1 aromatic carbocycles. The molecule has 2 nitrogen and oxygen atoms in total. The standard InChI is InChI=1S/C18H25NOS2/c20-18(14-22-16-8-4-5-9-16)19-11-10-17(21-13-12-19)15-6-2-1-3-7-15/h1-3,6-7,16-17H,4-5,8-14H2/t17-/m0/s1. The first-order valence-electron chi connectivity index (χ1n) is 8.39. The second-order valence-corrected chi connectivity index (χ2v) is 8.76. The molecule has 0 radical (unpaired) electrons. The SMILES string of the molecule is O=C(CSC1CCCC1)N1CCS[C@H](c2ccccc2)CC1. The summed E-state index contributed by atoms with van der Waals surface area (Å²) in [5.41, 5.74) is 1.40. The molecule has 0 bridgehead atoms. The molecule has 3 rings (SSSR count). The van der Waals surface area contributed by atoms with Gasteiger partial charge in [-0.3, -0.25) is 4.79 Å². The summed E-state index contributed by atoms with van der Waals surface area (Å²) in [7, 11) is 0. The molecule has 0 aromatic heterocycles. The lowest BCUT2D eigenvalue weighted by Crippen LogP contribution is -2.34. The number of amides is 1. The van der Waals surface area contributed by atoms with Crippen molar-refractivity contribution in [3.63, 3.8) is 0 Å². The van der Waals surface area contributed by atoms with Gasteiger partial charge in [-0.1, -0.05) is 43.2 Å². The van der Waals surface area contributed by atoms with E-state index in [4.69, 9.17) is 0 Å². The van der Waals surface area contributed by atoms with Gasteiger partial charge < -0.3 is 4.90 Å². The lowest BCUT2D eigenvalue weighted by Gasteiger charge is -2.21. The molecule has 1 aliphatic heterocycles. The third-order valence-corrected chi connectivity index (χ3v) is 7.30. The van der Waals surface area contributed by atoms with E-state index in [2.05, 4.69) is 35.2 Å². The highest BCUT2D eigenvalue weighted by molar-refractivity contribution is 8.00. The van der Waals surface area contributed by atoms with Crippen LogP contribution in [-0.4, -0.2) is 40.7 Å². The summed E-state index contributed by atoms with van der Waals surface area (Å²) >= 11 is 3.89. The zero-order valence-corrected chi connectivity index (χ0v) is 14.7. The minimum Gasteiger partial charge on any atom is -0.341 e. The van der Waals surface area contributed by atoms with Crippen molar-refractivity contribution in [2.75, 3.05) is 24.6 Å².